The van der Waals surface area contributed by atoms with Gasteiger partial charge in [-0.3, -0.25) is 4.68 Å². The van der Waals surface area contributed by atoms with Crippen molar-refractivity contribution in [1.82, 2.24) is 14.7 Å². The number of anilines is 1. The number of carbonyl (C=O) groups is 1. The maximum absolute atomic E-state index is 13.0. The molecule has 7 heteroatoms. The van der Waals surface area contributed by atoms with Crippen molar-refractivity contribution < 1.29 is 9.53 Å². The quantitative estimate of drug-likeness (QED) is 0.719. The molecule has 4 rings (SSSR count). The van der Waals surface area contributed by atoms with E-state index < -0.39 is 0 Å². The molecule has 0 spiro atoms. The monoisotopic (exact) mass is 396 g/mol. The normalized spacial score (nSPS) is 15.8. The van der Waals surface area contributed by atoms with Crippen molar-refractivity contribution >= 4 is 23.3 Å². The zero-order valence-corrected chi connectivity index (χ0v) is 16.5. The van der Waals surface area contributed by atoms with Gasteiger partial charge >= 0.3 is 6.03 Å². The van der Waals surface area contributed by atoms with Gasteiger partial charge in [-0.05, 0) is 34.9 Å². The summed E-state index contributed by atoms with van der Waals surface area (Å²) in [6.45, 7) is 1.11. The van der Waals surface area contributed by atoms with Crippen LogP contribution in [0, 0.1) is 0 Å². The van der Waals surface area contributed by atoms with E-state index in [0.717, 1.165) is 11.1 Å². The molecule has 2 aromatic carbocycles. The lowest BCUT2D eigenvalue weighted by atomic mass is 9.86. The van der Waals surface area contributed by atoms with Gasteiger partial charge in [0.05, 0.1) is 19.0 Å². The molecule has 1 unspecified atom stereocenters. The standard InChI is InChI=1S/C21H21ClN4O2/c1-25-11-15(10-23-25)18-13-26(12-14-5-3-4-6-17(14)18)21(27)24-19-9-16(22)7-8-20(19)28-2/h3-11,18H,12-13H2,1-2H3,(H,24,27). The third-order valence-electron chi connectivity index (χ3n) is 5.01. The summed E-state index contributed by atoms with van der Waals surface area (Å²) in [6, 6.07) is 13.2. The first kappa shape index (κ1) is 18.4. The molecule has 3 aromatic rings. The summed E-state index contributed by atoms with van der Waals surface area (Å²) in [5.74, 6) is 0.643. The zero-order valence-electron chi connectivity index (χ0n) is 15.7. The fraction of sp³-hybridized carbons (Fsp3) is 0.238. The minimum atomic E-state index is -0.191. The first-order valence-electron chi connectivity index (χ1n) is 9.01. The van der Waals surface area contributed by atoms with Crippen LogP contribution in [0.4, 0.5) is 10.5 Å². The lowest BCUT2D eigenvalue weighted by Crippen LogP contribution is -2.41. The molecule has 0 saturated heterocycles. The smallest absolute Gasteiger partial charge is 0.322 e. The number of carbonyl (C=O) groups excluding carboxylic acids is 1. The summed E-state index contributed by atoms with van der Waals surface area (Å²) in [5, 5.41) is 7.77. The van der Waals surface area contributed by atoms with Gasteiger partial charge in [-0.25, -0.2) is 4.79 Å². The molecule has 1 N–H and O–H groups in total. The van der Waals surface area contributed by atoms with E-state index in [4.69, 9.17) is 16.3 Å². The van der Waals surface area contributed by atoms with Crippen LogP contribution in [-0.2, 0) is 13.6 Å². The number of nitrogens with one attached hydrogen (secondary N) is 1. The number of aryl methyl sites for hydroxylation is 1. The second kappa shape index (κ2) is 7.56. The lowest BCUT2D eigenvalue weighted by Gasteiger charge is -2.34. The van der Waals surface area contributed by atoms with Crippen LogP contribution in [0.2, 0.25) is 5.02 Å². The molecule has 0 saturated carbocycles. The Kier molecular flexibility index (Phi) is 4.96. The molecule has 2 heterocycles. The Balaban J connectivity index is 1.62. The Morgan fingerprint density at radius 2 is 2.11 bits per heavy atom. The van der Waals surface area contributed by atoms with Crippen molar-refractivity contribution in [3.8, 4) is 5.75 Å². The fourth-order valence-electron chi connectivity index (χ4n) is 3.64. The van der Waals surface area contributed by atoms with Crippen molar-refractivity contribution in [2.24, 2.45) is 7.05 Å². The number of fused-ring (bicyclic) bond motifs is 1. The van der Waals surface area contributed by atoms with Gasteiger partial charge in [0.2, 0.25) is 0 Å². The van der Waals surface area contributed by atoms with Crippen molar-refractivity contribution in [2.75, 3.05) is 19.0 Å². The van der Waals surface area contributed by atoms with Crippen molar-refractivity contribution in [3.63, 3.8) is 0 Å². The summed E-state index contributed by atoms with van der Waals surface area (Å²) < 4.78 is 7.12. The minimum Gasteiger partial charge on any atom is -0.495 e. The van der Waals surface area contributed by atoms with Crippen LogP contribution in [-0.4, -0.2) is 34.4 Å². The van der Waals surface area contributed by atoms with E-state index in [2.05, 4.69) is 22.5 Å². The minimum absolute atomic E-state index is 0.0747. The van der Waals surface area contributed by atoms with E-state index in [1.807, 2.05) is 31.6 Å². The number of hydrogen-bond donors (Lipinski definition) is 1. The summed E-state index contributed by atoms with van der Waals surface area (Å²) in [6.07, 6.45) is 3.87. The molecule has 0 bridgehead atoms. The third-order valence-corrected chi connectivity index (χ3v) is 5.25. The van der Waals surface area contributed by atoms with E-state index in [0.29, 0.717) is 29.5 Å². The fourth-order valence-corrected chi connectivity index (χ4v) is 3.81. The number of nitrogens with zero attached hydrogens (tertiary/aromatic N) is 3. The van der Waals surface area contributed by atoms with Crippen LogP contribution in [0.3, 0.4) is 0 Å². The van der Waals surface area contributed by atoms with Gasteiger partial charge in [-0.1, -0.05) is 35.9 Å². The van der Waals surface area contributed by atoms with E-state index in [-0.39, 0.29) is 11.9 Å². The zero-order chi connectivity index (χ0) is 19.7. The highest BCUT2D eigenvalue weighted by molar-refractivity contribution is 6.31. The Morgan fingerprint density at radius 3 is 2.86 bits per heavy atom. The molecule has 1 aliphatic heterocycles. The SMILES string of the molecule is COc1ccc(Cl)cc1NC(=O)N1Cc2ccccc2C(c2cnn(C)c2)C1. The highest BCUT2D eigenvalue weighted by atomic mass is 35.5. The molecule has 0 fully saturated rings. The predicted molar refractivity (Wildman–Crippen MR) is 109 cm³/mol. The van der Waals surface area contributed by atoms with Crippen LogP contribution in [0.15, 0.2) is 54.9 Å². The van der Waals surface area contributed by atoms with Crippen LogP contribution in [0.5, 0.6) is 5.75 Å². The van der Waals surface area contributed by atoms with Gasteiger partial charge < -0.3 is 15.0 Å². The molecule has 1 aliphatic rings. The summed E-state index contributed by atoms with van der Waals surface area (Å²) in [5.41, 5.74) is 4.01. The molecule has 6 nitrogen and oxygen atoms in total. The van der Waals surface area contributed by atoms with Crippen molar-refractivity contribution in [1.29, 1.82) is 0 Å². The number of ether oxygens (including phenoxy) is 1. The molecular weight excluding hydrogens is 376 g/mol. The largest absolute Gasteiger partial charge is 0.495 e. The van der Waals surface area contributed by atoms with Gasteiger partial charge in [-0.2, -0.15) is 5.10 Å². The molecule has 0 aliphatic carbocycles. The Morgan fingerprint density at radius 1 is 1.29 bits per heavy atom. The number of urea groups is 1. The van der Waals surface area contributed by atoms with Crippen LogP contribution >= 0.6 is 11.6 Å². The van der Waals surface area contributed by atoms with Gasteiger partial charge in [0.1, 0.15) is 5.75 Å². The molecule has 28 heavy (non-hydrogen) atoms. The van der Waals surface area contributed by atoms with Crippen LogP contribution in [0.1, 0.15) is 22.6 Å². The summed E-state index contributed by atoms with van der Waals surface area (Å²) in [7, 11) is 3.46. The Bertz CT molecular complexity index is 1020. The van der Waals surface area contributed by atoms with Crippen molar-refractivity contribution in [2.45, 2.75) is 12.5 Å². The maximum atomic E-state index is 13.0. The van der Waals surface area contributed by atoms with E-state index in [9.17, 15) is 4.79 Å². The predicted octanol–water partition coefficient (Wildman–Crippen LogP) is 4.26. The van der Waals surface area contributed by atoms with Gasteiger partial charge in [-0.15, -0.1) is 0 Å². The molecule has 1 aromatic heterocycles. The number of amides is 2. The number of methoxy groups -OCH3 is 1. The highest BCUT2D eigenvalue weighted by Crippen LogP contribution is 2.34. The van der Waals surface area contributed by atoms with E-state index >= 15 is 0 Å². The average molecular weight is 397 g/mol. The second-order valence-corrected chi connectivity index (χ2v) is 7.29. The van der Waals surface area contributed by atoms with E-state index in [1.54, 1.807) is 34.9 Å². The van der Waals surface area contributed by atoms with Crippen molar-refractivity contribution in [3.05, 3.63) is 76.6 Å². The van der Waals surface area contributed by atoms with Crippen LogP contribution < -0.4 is 10.1 Å². The molecule has 0 radical (unpaired) electrons. The third kappa shape index (κ3) is 3.55. The van der Waals surface area contributed by atoms with Crippen LogP contribution in [0.25, 0.3) is 0 Å². The van der Waals surface area contributed by atoms with Gasteiger partial charge in [0.25, 0.3) is 0 Å². The first-order valence-corrected chi connectivity index (χ1v) is 9.39. The number of benzene rings is 2. The summed E-state index contributed by atoms with van der Waals surface area (Å²) in [4.78, 5) is 14.8. The molecule has 1 atom stereocenters. The Labute approximate surface area is 168 Å². The van der Waals surface area contributed by atoms with Gasteiger partial charge in [0, 0.05) is 37.3 Å². The number of halogens is 1. The van der Waals surface area contributed by atoms with Gasteiger partial charge in [0.15, 0.2) is 0 Å². The average Bonchev–Trinajstić information content (AvgIpc) is 3.13. The first-order chi connectivity index (χ1) is 13.5. The lowest BCUT2D eigenvalue weighted by molar-refractivity contribution is 0.202. The topological polar surface area (TPSA) is 59.4 Å². The second-order valence-electron chi connectivity index (χ2n) is 6.85. The van der Waals surface area contributed by atoms with E-state index in [1.165, 1.54) is 5.56 Å². The molecular formula is C21H21ClN4O2. The summed E-state index contributed by atoms with van der Waals surface area (Å²) >= 11 is 6.09. The number of aromatic nitrogens is 2. The number of hydrogen-bond acceptors (Lipinski definition) is 3. The highest BCUT2D eigenvalue weighted by Gasteiger charge is 2.30. The molecule has 2 amide bonds. The molecule has 144 valence electrons. The number of rotatable bonds is 3. The Hall–Kier alpha value is -2.99. The maximum Gasteiger partial charge on any atom is 0.322 e.